The summed E-state index contributed by atoms with van der Waals surface area (Å²) in [5.74, 6) is 0.649. The number of nitrogens with zero attached hydrogens (tertiary/aromatic N) is 1. The maximum absolute atomic E-state index is 4.25. The number of allylic oxidation sites excluding steroid dienone is 2. The van der Waals surface area contributed by atoms with E-state index < -0.39 is 0 Å². The Labute approximate surface area is 70.2 Å². The third-order valence-electron chi connectivity index (χ3n) is 2.00. The van der Waals surface area contributed by atoms with Gasteiger partial charge in [0.1, 0.15) is 0 Å². The summed E-state index contributed by atoms with van der Waals surface area (Å²) in [6.45, 7) is 6.46. The van der Waals surface area contributed by atoms with Gasteiger partial charge in [-0.05, 0) is 25.8 Å². The van der Waals surface area contributed by atoms with E-state index in [0.717, 1.165) is 0 Å². The van der Waals surface area contributed by atoms with Crippen molar-refractivity contribution in [3.8, 4) is 0 Å². The SMILES string of the molecule is C/C=C\C(=NC)C(CC)CC. The van der Waals surface area contributed by atoms with Crippen LogP contribution >= 0.6 is 0 Å². The summed E-state index contributed by atoms with van der Waals surface area (Å²) in [6.07, 6.45) is 6.54. The molecule has 0 heterocycles. The van der Waals surface area contributed by atoms with Gasteiger partial charge in [-0.2, -0.15) is 0 Å². The van der Waals surface area contributed by atoms with Gasteiger partial charge in [0.15, 0.2) is 0 Å². The second-order valence-corrected chi connectivity index (χ2v) is 2.66. The third kappa shape index (κ3) is 3.35. The lowest BCUT2D eigenvalue weighted by Gasteiger charge is -2.11. The molecule has 0 saturated heterocycles. The minimum absolute atomic E-state index is 0.649. The van der Waals surface area contributed by atoms with Crippen LogP contribution in [0.2, 0.25) is 0 Å². The average Bonchev–Trinajstić information content (AvgIpc) is 2.05. The van der Waals surface area contributed by atoms with Crippen molar-refractivity contribution in [3.63, 3.8) is 0 Å². The lowest BCUT2D eigenvalue weighted by atomic mass is 9.97. The Morgan fingerprint density at radius 3 is 2.18 bits per heavy atom. The Kier molecular flexibility index (Phi) is 5.81. The van der Waals surface area contributed by atoms with Crippen LogP contribution in [-0.4, -0.2) is 12.8 Å². The molecule has 0 spiro atoms. The molecule has 0 fully saturated rings. The summed E-state index contributed by atoms with van der Waals surface area (Å²) >= 11 is 0. The molecule has 0 N–H and O–H groups in total. The molecule has 0 bridgehead atoms. The van der Waals surface area contributed by atoms with Gasteiger partial charge in [-0.3, -0.25) is 4.99 Å². The molecule has 0 aliphatic carbocycles. The summed E-state index contributed by atoms with van der Waals surface area (Å²) in [5.41, 5.74) is 1.23. The van der Waals surface area contributed by atoms with Crippen LogP contribution in [0.3, 0.4) is 0 Å². The predicted molar refractivity (Wildman–Crippen MR) is 52.2 cm³/mol. The van der Waals surface area contributed by atoms with Crippen LogP contribution in [0.4, 0.5) is 0 Å². The van der Waals surface area contributed by atoms with Gasteiger partial charge in [-0.1, -0.05) is 19.9 Å². The molecule has 0 aliphatic heterocycles. The molecule has 0 rings (SSSR count). The van der Waals surface area contributed by atoms with Crippen molar-refractivity contribution in [1.29, 1.82) is 0 Å². The fraction of sp³-hybridized carbons (Fsp3) is 0.700. The summed E-state index contributed by atoms with van der Waals surface area (Å²) in [4.78, 5) is 4.25. The number of rotatable bonds is 4. The van der Waals surface area contributed by atoms with Gasteiger partial charge in [0.05, 0.1) is 0 Å². The molecular formula is C10H19N. The van der Waals surface area contributed by atoms with Crippen LogP contribution in [0.15, 0.2) is 17.1 Å². The standard InChI is InChI=1S/C10H19N/c1-5-8-10(11-4)9(6-2)7-3/h5,8-9H,6-7H2,1-4H3/b8-5-,11-10?. The highest BCUT2D eigenvalue weighted by Crippen LogP contribution is 2.10. The summed E-state index contributed by atoms with van der Waals surface area (Å²) < 4.78 is 0. The van der Waals surface area contributed by atoms with Crippen LogP contribution in [-0.2, 0) is 0 Å². The van der Waals surface area contributed by atoms with E-state index in [2.05, 4.69) is 31.0 Å². The largest absolute Gasteiger partial charge is 0.293 e. The maximum Gasteiger partial charge on any atom is 0.0372 e. The third-order valence-corrected chi connectivity index (χ3v) is 2.00. The average molecular weight is 153 g/mol. The lowest BCUT2D eigenvalue weighted by molar-refractivity contribution is 0.644. The van der Waals surface area contributed by atoms with Gasteiger partial charge >= 0.3 is 0 Å². The molecule has 0 amide bonds. The topological polar surface area (TPSA) is 12.4 Å². The Morgan fingerprint density at radius 2 is 1.91 bits per heavy atom. The van der Waals surface area contributed by atoms with Crippen LogP contribution in [0.25, 0.3) is 0 Å². The molecule has 0 unspecified atom stereocenters. The normalized spacial score (nSPS) is 13.4. The zero-order valence-electron chi connectivity index (χ0n) is 8.09. The molecule has 1 heteroatoms. The van der Waals surface area contributed by atoms with Crippen molar-refractivity contribution < 1.29 is 0 Å². The quantitative estimate of drug-likeness (QED) is 0.550. The van der Waals surface area contributed by atoms with Crippen LogP contribution in [0, 0.1) is 5.92 Å². The molecule has 11 heavy (non-hydrogen) atoms. The Balaban J connectivity index is 4.22. The molecule has 0 aliphatic rings. The smallest absolute Gasteiger partial charge is 0.0372 e. The van der Waals surface area contributed by atoms with Crippen LogP contribution < -0.4 is 0 Å². The van der Waals surface area contributed by atoms with Crippen molar-refractivity contribution in [2.45, 2.75) is 33.6 Å². The van der Waals surface area contributed by atoms with E-state index in [1.54, 1.807) is 0 Å². The van der Waals surface area contributed by atoms with Crippen molar-refractivity contribution in [3.05, 3.63) is 12.2 Å². The van der Waals surface area contributed by atoms with Crippen molar-refractivity contribution in [2.24, 2.45) is 10.9 Å². The van der Waals surface area contributed by atoms with E-state index in [1.165, 1.54) is 18.6 Å². The molecule has 0 aromatic rings. The highest BCUT2D eigenvalue weighted by Gasteiger charge is 2.06. The predicted octanol–water partition coefficient (Wildman–Crippen LogP) is 3.07. The van der Waals surface area contributed by atoms with Gasteiger partial charge < -0.3 is 0 Å². The molecule has 0 radical (unpaired) electrons. The molecule has 0 aromatic heterocycles. The van der Waals surface area contributed by atoms with Crippen LogP contribution in [0.5, 0.6) is 0 Å². The molecule has 0 aromatic carbocycles. The van der Waals surface area contributed by atoms with Gasteiger partial charge in [-0.15, -0.1) is 0 Å². The first-order valence-electron chi connectivity index (χ1n) is 4.39. The highest BCUT2D eigenvalue weighted by molar-refractivity contribution is 5.96. The monoisotopic (exact) mass is 153 g/mol. The fourth-order valence-electron chi connectivity index (χ4n) is 1.27. The number of aliphatic imine (C=N–C) groups is 1. The molecular weight excluding hydrogens is 134 g/mol. The first-order chi connectivity index (χ1) is 5.29. The van der Waals surface area contributed by atoms with Crippen molar-refractivity contribution in [2.75, 3.05) is 7.05 Å². The summed E-state index contributed by atoms with van der Waals surface area (Å²) in [7, 11) is 1.87. The molecule has 0 saturated carbocycles. The fourth-order valence-corrected chi connectivity index (χ4v) is 1.27. The lowest BCUT2D eigenvalue weighted by Crippen LogP contribution is -2.09. The summed E-state index contributed by atoms with van der Waals surface area (Å²) in [6, 6.07) is 0. The van der Waals surface area contributed by atoms with Gasteiger partial charge in [-0.25, -0.2) is 0 Å². The zero-order valence-corrected chi connectivity index (χ0v) is 8.09. The first kappa shape index (κ1) is 10.4. The Morgan fingerprint density at radius 1 is 1.36 bits per heavy atom. The van der Waals surface area contributed by atoms with Gasteiger partial charge in [0.25, 0.3) is 0 Å². The van der Waals surface area contributed by atoms with Crippen molar-refractivity contribution in [1.82, 2.24) is 0 Å². The van der Waals surface area contributed by atoms with Crippen molar-refractivity contribution >= 4 is 5.71 Å². The number of hydrogen-bond donors (Lipinski definition) is 0. The molecule has 1 nitrogen and oxygen atoms in total. The maximum atomic E-state index is 4.25. The van der Waals surface area contributed by atoms with E-state index in [4.69, 9.17) is 0 Å². The first-order valence-corrected chi connectivity index (χ1v) is 4.39. The second kappa shape index (κ2) is 6.14. The zero-order chi connectivity index (χ0) is 8.69. The van der Waals surface area contributed by atoms with E-state index in [0.29, 0.717) is 5.92 Å². The van der Waals surface area contributed by atoms with Crippen LogP contribution in [0.1, 0.15) is 33.6 Å². The molecule has 64 valence electrons. The van der Waals surface area contributed by atoms with E-state index >= 15 is 0 Å². The molecule has 0 atom stereocenters. The van der Waals surface area contributed by atoms with Gasteiger partial charge in [0.2, 0.25) is 0 Å². The van der Waals surface area contributed by atoms with E-state index in [-0.39, 0.29) is 0 Å². The van der Waals surface area contributed by atoms with Gasteiger partial charge in [0, 0.05) is 18.7 Å². The minimum atomic E-state index is 0.649. The highest BCUT2D eigenvalue weighted by atomic mass is 14.7. The summed E-state index contributed by atoms with van der Waals surface area (Å²) in [5, 5.41) is 0. The number of hydrogen-bond acceptors (Lipinski definition) is 1. The van der Waals surface area contributed by atoms with E-state index in [9.17, 15) is 0 Å². The second-order valence-electron chi connectivity index (χ2n) is 2.66. The Hall–Kier alpha value is -0.590. The Bertz CT molecular complexity index is 141. The minimum Gasteiger partial charge on any atom is -0.293 e. The van der Waals surface area contributed by atoms with E-state index in [1.807, 2.05) is 14.0 Å².